The number of ether oxygens (including phenoxy) is 2. The van der Waals surface area contributed by atoms with Crippen LogP contribution in [-0.4, -0.2) is 37.2 Å². The second-order valence-electron chi connectivity index (χ2n) is 8.82. The summed E-state index contributed by atoms with van der Waals surface area (Å²) in [5.41, 5.74) is 6.79. The standard InChI is InChI=1S/C23H34N4O4/c1-15(2)13-25-22(29)18(10-16-6-4-3-5-7-16)26-23(24)27-21(28)12-17-8-9-19-20(11-17)31-14-30-19/h8-9,11,15-16,18H,3-7,10,12-14H2,1-2H3,(H,25,29)(H3,24,26,27,28). The van der Waals surface area contributed by atoms with Crippen LogP contribution in [0.4, 0.5) is 0 Å². The molecular weight excluding hydrogens is 396 g/mol. The molecule has 1 atom stereocenters. The van der Waals surface area contributed by atoms with Gasteiger partial charge in [-0.15, -0.1) is 0 Å². The first-order valence-electron chi connectivity index (χ1n) is 11.2. The molecule has 1 unspecified atom stereocenters. The molecule has 31 heavy (non-hydrogen) atoms. The quantitative estimate of drug-likeness (QED) is 0.433. The fourth-order valence-corrected chi connectivity index (χ4v) is 4.00. The van der Waals surface area contributed by atoms with Crippen LogP contribution < -0.4 is 25.8 Å². The third-order valence-corrected chi connectivity index (χ3v) is 5.63. The maximum Gasteiger partial charge on any atom is 0.244 e. The minimum absolute atomic E-state index is 0.0220. The number of rotatable bonds is 8. The van der Waals surface area contributed by atoms with Gasteiger partial charge in [0.1, 0.15) is 6.04 Å². The van der Waals surface area contributed by atoms with E-state index in [0.717, 1.165) is 18.4 Å². The van der Waals surface area contributed by atoms with Crippen molar-refractivity contribution in [1.29, 1.82) is 0 Å². The van der Waals surface area contributed by atoms with Gasteiger partial charge in [-0.2, -0.15) is 0 Å². The third-order valence-electron chi connectivity index (χ3n) is 5.63. The summed E-state index contributed by atoms with van der Waals surface area (Å²) >= 11 is 0. The number of aliphatic imine (C=N–C) groups is 1. The number of nitrogens with one attached hydrogen (secondary N) is 2. The summed E-state index contributed by atoms with van der Waals surface area (Å²) in [6, 6.07) is 4.78. The summed E-state index contributed by atoms with van der Waals surface area (Å²) < 4.78 is 10.6. The fraction of sp³-hybridized carbons (Fsp3) is 0.609. The monoisotopic (exact) mass is 430 g/mol. The molecule has 4 N–H and O–H groups in total. The lowest BCUT2D eigenvalue weighted by atomic mass is 9.84. The Morgan fingerprint density at radius 3 is 2.65 bits per heavy atom. The first-order chi connectivity index (χ1) is 14.9. The predicted molar refractivity (Wildman–Crippen MR) is 119 cm³/mol. The predicted octanol–water partition coefficient (Wildman–Crippen LogP) is 2.50. The summed E-state index contributed by atoms with van der Waals surface area (Å²) in [5.74, 6) is 1.66. The summed E-state index contributed by atoms with van der Waals surface area (Å²) in [4.78, 5) is 29.6. The molecule has 1 aliphatic carbocycles. The molecule has 0 spiro atoms. The van der Waals surface area contributed by atoms with Gasteiger partial charge in [0.25, 0.3) is 0 Å². The Balaban J connectivity index is 1.60. The second kappa shape index (κ2) is 11.0. The molecule has 0 aromatic heterocycles. The van der Waals surface area contributed by atoms with Crippen LogP contribution in [0.25, 0.3) is 0 Å². The van der Waals surface area contributed by atoms with Gasteiger partial charge in [0, 0.05) is 6.54 Å². The van der Waals surface area contributed by atoms with E-state index in [0.29, 0.717) is 36.3 Å². The normalized spacial score (nSPS) is 17.5. The lowest BCUT2D eigenvalue weighted by Crippen LogP contribution is -2.42. The average Bonchev–Trinajstić information content (AvgIpc) is 3.20. The Hall–Kier alpha value is -2.77. The van der Waals surface area contributed by atoms with E-state index in [2.05, 4.69) is 15.6 Å². The number of nitrogens with two attached hydrogens (primary N) is 1. The summed E-state index contributed by atoms with van der Waals surface area (Å²) in [7, 11) is 0. The highest BCUT2D eigenvalue weighted by molar-refractivity contribution is 5.98. The van der Waals surface area contributed by atoms with Crippen molar-refractivity contribution in [2.45, 2.75) is 64.8 Å². The van der Waals surface area contributed by atoms with Gasteiger partial charge in [-0.1, -0.05) is 52.0 Å². The zero-order chi connectivity index (χ0) is 22.2. The van der Waals surface area contributed by atoms with E-state index >= 15 is 0 Å². The number of nitrogens with zero attached hydrogens (tertiary/aromatic N) is 1. The molecule has 2 amide bonds. The van der Waals surface area contributed by atoms with E-state index in [-0.39, 0.29) is 31.0 Å². The Labute approximate surface area is 184 Å². The van der Waals surface area contributed by atoms with Crippen LogP contribution in [0.2, 0.25) is 0 Å². The molecule has 8 heteroatoms. The number of guanidine groups is 1. The lowest BCUT2D eigenvalue weighted by Gasteiger charge is -2.24. The molecule has 8 nitrogen and oxygen atoms in total. The third kappa shape index (κ3) is 7.15. The van der Waals surface area contributed by atoms with Crippen molar-refractivity contribution in [3.63, 3.8) is 0 Å². The van der Waals surface area contributed by atoms with E-state index in [1.54, 1.807) is 12.1 Å². The SMILES string of the molecule is CC(C)CNC(=O)C(CC1CCCCC1)N=C(N)NC(=O)Cc1ccc2c(c1)OCO2. The molecular formula is C23H34N4O4. The molecule has 0 bridgehead atoms. The summed E-state index contributed by atoms with van der Waals surface area (Å²) in [6.07, 6.45) is 6.64. The van der Waals surface area contributed by atoms with Crippen molar-refractivity contribution >= 4 is 17.8 Å². The minimum Gasteiger partial charge on any atom is -0.454 e. The van der Waals surface area contributed by atoms with Crippen LogP contribution in [0.5, 0.6) is 11.5 Å². The van der Waals surface area contributed by atoms with E-state index in [9.17, 15) is 9.59 Å². The molecule has 1 aromatic rings. The van der Waals surface area contributed by atoms with Crippen molar-refractivity contribution in [2.75, 3.05) is 13.3 Å². The Bertz CT molecular complexity index is 803. The maximum atomic E-state index is 12.7. The maximum absolute atomic E-state index is 12.7. The minimum atomic E-state index is -0.590. The number of hydrogen-bond acceptors (Lipinski definition) is 5. The average molecular weight is 431 g/mol. The molecule has 2 aliphatic rings. The molecule has 1 fully saturated rings. The van der Waals surface area contributed by atoms with Crippen molar-refractivity contribution in [2.24, 2.45) is 22.6 Å². The Morgan fingerprint density at radius 2 is 1.90 bits per heavy atom. The molecule has 0 saturated heterocycles. The summed E-state index contributed by atoms with van der Waals surface area (Å²) in [6.45, 7) is 4.87. The van der Waals surface area contributed by atoms with Crippen LogP contribution in [0.1, 0.15) is 57.9 Å². The number of benzene rings is 1. The number of fused-ring (bicyclic) bond motifs is 1. The van der Waals surface area contributed by atoms with Crippen molar-refractivity contribution in [3.05, 3.63) is 23.8 Å². The number of hydrogen-bond donors (Lipinski definition) is 3. The lowest BCUT2D eigenvalue weighted by molar-refractivity contribution is -0.123. The molecule has 1 aliphatic heterocycles. The number of carbonyl (C=O) groups excluding carboxylic acids is 2. The zero-order valence-corrected chi connectivity index (χ0v) is 18.5. The molecule has 1 aromatic carbocycles. The van der Waals surface area contributed by atoms with Gasteiger partial charge in [0.2, 0.25) is 18.6 Å². The molecule has 1 heterocycles. The largest absolute Gasteiger partial charge is 0.454 e. The van der Waals surface area contributed by atoms with Crippen LogP contribution >= 0.6 is 0 Å². The van der Waals surface area contributed by atoms with Crippen LogP contribution in [0.15, 0.2) is 23.2 Å². The van der Waals surface area contributed by atoms with Crippen LogP contribution in [-0.2, 0) is 16.0 Å². The smallest absolute Gasteiger partial charge is 0.244 e. The first kappa shape index (κ1) is 22.9. The fourth-order valence-electron chi connectivity index (χ4n) is 4.00. The zero-order valence-electron chi connectivity index (χ0n) is 18.5. The Kier molecular flexibility index (Phi) is 8.14. The van der Waals surface area contributed by atoms with Gasteiger partial charge in [-0.25, -0.2) is 4.99 Å². The highest BCUT2D eigenvalue weighted by Gasteiger charge is 2.25. The van der Waals surface area contributed by atoms with Crippen molar-refractivity contribution in [1.82, 2.24) is 10.6 Å². The van der Waals surface area contributed by atoms with E-state index in [4.69, 9.17) is 15.2 Å². The van der Waals surface area contributed by atoms with Crippen molar-refractivity contribution < 1.29 is 19.1 Å². The molecule has 1 saturated carbocycles. The topological polar surface area (TPSA) is 115 Å². The Morgan fingerprint density at radius 1 is 1.16 bits per heavy atom. The van der Waals surface area contributed by atoms with Gasteiger partial charge >= 0.3 is 0 Å². The van der Waals surface area contributed by atoms with Crippen LogP contribution in [0, 0.1) is 11.8 Å². The van der Waals surface area contributed by atoms with E-state index in [1.807, 2.05) is 19.9 Å². The first-order valence-corrected chi connectivity index (χ1v) is 11.2. The second-order valence-corrected chi connectivity index (χ2v) is 8.82. The van der Waals surface area contributed by atoms with Gasteiger partial charge in [-0.05, 0) is 36.0 Å². The van der Waals surface area contributed by atoms with Crippen LogP contribution in [0.3, 0.4) is 0 Å². The van der Waals surface area contributed by atoms with E-state index in [1.165, 1.54) is 19.3 Å². The molecule has 0 radical (unpaired) electrons. The number of carbonyl (C=O) groups is 2. The highest BCUT2D eigenvalue weighted by atomic mass is 16.7. The van der Waals surface area contributed by atoms with E-state index < -0.39 is 6.04 Å². The van der Waals surface area contributed by atoms with Gasteiger partial charge < -0.3 is 20.5 Å². The molecule has 3 rings (SSSR count). The van der Waals surface area contributed by atoms with Gasteiger partial charge in [0.15, 0.2) is 17.5 Å². The van der Waals surface area contributed by atoms with Crippen molar-refractivity contribution in [3.8, 4) is 11.5 Å². The highest BCUT2D eigenvalue weighted by Crippen LogP contribution is 2.32. The van der Waals surface area contributed by atoms with Gasteiger partial charge in [0.05, 0.1) is 6.42 Å². The summed E-state index contributed by atoms with van der Waals surface area (Å²) in [5, 5.41) is 5.57. The molecule has 170 valence electrons. The van der Waals surface area contributed by atoms with Gasteiger partial charge in [-0.3, -0.25) is 14.9 Å². The number of amides is 2.